The normalized spacial score (nSPS) is 22.7. The molecule has 4 aromatic rings. The van der Waals surface area contributed by atoms with Gasteiger partial charge in [-0.1, -0.05) is 110 Å². The second-order valence-corrected chi connectivity index (χ2v) is 14.5. The second-order valence-electron chi connectivity index (χ2n) is 14.5. The Morgan fingerprint density at radius 2 is 1.58 bits per heavy atom. The number of ether oxygens (including phenoxy) is 2. The molecule has 0 spiro atoms. The summed E-state index contributed by atoms with van der Waals surface area (Å²) in [6, 6.07) is 31.1. The summed E-state index contributed by atoms with van der Waals surface area (Å²) in [7, 11) is 1.98. The number of likely N-dealkylation sites (N-methyl/N-ethyl adjacent to an activating group) is 1. The van der Waals surface area contributed by atoms with Crippen molar-refractivity contribution < 1.29 is 42.4 Å². The molecule has 0 radical (unpaired) electrons. The summed E-state index contributed by atoms with van der Waals surface area (Å²) in [5.74, 6) is -2.68. The lowest BCUT2D eigenvalue weighted by molar-refractivity contribution is -0.276. The minimum atomic E-state index is -5.04. The maximum absolute atomic E-state index is 13.1. The number of benzene rings is 4. The minimum absolute atomic E-state index is 0.0634. The van der Waals surface area contributed by atoms with E-state index in [1.807, 2.05) is 117 Å². The quantitative estimate of drug-likeness (QED) is 0.145. The smallest absolute Gasteiger partial charge is 0.392 e. The van der Waals surface area contributed by atoms with E-state index in [4.69, 9.17) is 9.47 Å². The molecule has 0 aromatic heterocycles. The zero-order valence-corrected chi connectivity index (χ0v) is 31.2. The predicted octanol–water partition coefficient (Wildman–Crippen LogP) is 6.86. The SMILES string of the molecule is CC1C(CN(C)C(C)C(O)c2ccccc2)OC(c2ccc(-c3ccccc3CNC(=O)C3CCCN3C(=O)C(F)(F)F)cc2)OC1c1ccc(CO)cc1. The lowest BCUT2D eigenvalue weighted by Gasteiger charge is -2.43. The Hall–Kier alpha value is -4.59. The molecule has 2 amide bonds. The van der Waals surface area contributed by atoms with E-state index >= 15 is 0 Å². The first-order valence-corrected chi connectivity index (χ1v) is 18.6. The lowest BCUT2D eigenvalue weighted by Crippen LogP contribution is -2.50. The molecular weight excluding hydrogens is 711 g/mol. The van der Waals surface area contributed by atoms with Crippen molar-refractivity contribution >= 4 is 11.8 Å². The number of likely N-dealkylation sites (tertiary alicyclic amines) is 1. The van der Waals surface area contributed by atoms with Gasteiger partial charge in [-0.25, -0.2) is 0 Å². The van der Waals surface area contributed by atoms with Crippen molar-refractivity contribution in [1.82, 2.24) is 15.1 Å². The Labute approximate surface area is 319 Å². The van der Waals surface area contributed by atoms with E-state index in [1.165, 1.54) is 0 Å². The number of amides is 2. The van der Waals surface area contributed by atoms with E-state index in [0.29, 0.717) is 17.9 Å². The van der Waals surface area contributed by atoms with Gasteiger partial charge in [-0.05, 0) is 60.2 Å². The van der Waals surface area contributed by atoms with Crippen molar-refractivity contribution in [3.63, 3.8) is 0 Å². The van der Waals surface area contributed by atoms with Gasteiger partial charge in [0.25, 0.3) is 0 Å². The summed E-state index contributed by atoms with van der Waals surface area (Å²) in [6.45, 7) is 4.50. The van der Waals surface area contributed by atoms with Gasteiger partial charge in [0.2, 0.25) is 5.91 Å². The molecule has 55 heavy (non-hydrogen) atoms. The molecule has 2 saturated heterocycles. The fraction of sp³-hybridized carbons (Fsp3) is 0.395. The van der Waals surface area contributed by atoms with Gasteiger partial charge in [0.1, 0.15) is 6.04 Å². The number of hydrogen-bond acceptors (Lipinski definition) is 7. The first-order valence-electron chi connectivity index (χ1n) is 18.6. The molecule has 7 atom stereocenters. The highest BCUT2D eigenvalue weighted by molar-refractivity contribution is 5.90. The van der Waals surface area contributed by atoms with Crippen LogP contribution in [-0.4, -0.2) is 76.3 Å². The number of aliphatic hydroxyl groups excluding tert-OH is 2. The molecule has 0 bridgehead atoms. The maximum Gasteiger partial charge on any atom is 0.471 e. The van der Waals surface area contributed by atoms with Crippen molar-refractivity contribution in [1.29, 1.82) is 0 Å². The van der Waals surface area contributed by atoms with Crippen LogP contribution < -0.4 is 5.32 Å². The van der Waals surface area contributed by atoms with Crippen LogP contribution in [0.4, 0.5) is 13.2 Å². The van der Waals surface area contributed by atoms with Gasteiger partial charge in [0.15, 0.2) is 6.29 Å². The highest BCUT2D eigenvalue weighted by Gasteiger charge is 2.47. The van der Waals surface area contributed by atoms with E-state index in [0.717, 1.165) is 38.9 Å². The number of carbonyl (C=O) groups excluding carboxylic acids is 2. The van der Waals surface area contributed by atoms with Crippen LogP contribution in [-0.2, 0) is 32.2 Å². The molecule has 0 saturated carbocycles. The number of halogens is 3. The van der Waals surface area contributed by atoms with Crippen LogP contribution in [0.15, 0.2) is 103 Å². The van der Waals surface area contributed by atoms with Gasteiger partial charge in [-0.3, -0.25) is 14.5 Å². The molecule has 6 rings (SSSR count). The highest BCUT2D eigenvalue weighted by Crippen LogP contribution is 2.42. The highest BCUT2D eigenvalue weighted by atomic mass is 19.4. The number of rotatable bonds is 12. The summed E-state index contributed by atoms with van der Waals surface area (Å²) < 4.78 is 52.8. The molecule has 7 unspecified atom stereocenters. The standard InChI is InChI=1S/C43H48F3N3O6/c1-27-37(25-48(3)28(2)38(51)31-10-5-4-6-11-31)54-41(55-39(27)32-17-15-29(26-50)16-18-32)33-21-19-30(20-22-33)35-13-8-7-12-34(35)24-47-40(52)36-14-9-23-49(36)42(53)43(44,45)46/h4-8,10-13,15-22,27-28,36-39,41,50-51H,9,14,23-26H2,1-3H3,(H,47,52). The Morgan fingerprint density at radius 3 is 2.25 bits per heavy atom. The molecule has 292 valence electrons. The number of aliphatic hydroxyl groups is 2. The van der Waals surface area contributed by atoms with Crippen LogP contribution >= 0.6 is 0 Å². The van der Waals surface area contributed by atoms with Crippen LogP contribution in [0.1, 0.15) is 73.0 Å². The predicted molar refractivity (Wildman–Crippen MR) is 201 cm³/mol. The third-order valence-corrected chi connectivity index (χ3v) is 10.9. The van der Waals surface area contributed by atoms with E-state index in [9.17, 15) is 33.0 Å². The van der Waals surface area contributed by atoms with Gasteiger partial charge in [0, 0.05) is 37.2 Å². The van der Waals surface area contributed by atoms with Crippen molar-refractivity contribution in [2.45, 2.75) is 82.7 Å². The Bertz CT molecular complexity index is 1890. The Kier molecular flexibility index (Phi) is 12.7. The topological polar surface area (TPSA) is 112 Å². The largest absolute Gasteiger partial charge is 0.471 e. The van der Waals surface area contributed by atoms with Crippen molar-refractivity contribution in [3.8, 4) is 11.1 Å². The number of nitrogens with zero attached hydrogens (tertiary/aromatic N) is 2. The van der Waals surface area contributed by atoms with Crippen molar-refractivity contribution in [2.75, 3.05) is 20.1 Å². The third kappa shape index (κ3) is 9.28. The fourth-order valence-electron chi connectivity index (χ4n) is 7.47. The van der Waals surface area contributed by atoms with Crippen LogP contribution in [0.3, 0.4) is 0 Å². The van der Waals surface area contributed by atoms with Crippen LogP contribution in [0.2, 0.25) is 0 Å². The van der Waals surface area contributed by atoms with E-state index in [1.54, 1.807) is 0 Å². The Morgan fingerprint density at radius 1 is 0.927 bits per heavy atom. The van der Waals surface area contributed by atoms with Crippen LogP contribution in [0.5, 0.6) is 0 Å². The summed E-state index contributed by atoms with van der Waals surface area (Å²) in [5, 5.41) is 23.6. The molecule has 2 heterocycles. The number of carbonyl (C=O) groups is 2. The van der Waals surface area contributed by atoms with E-state index in [-0.39, 0.29) is 50.3 Å². The first kappa shape index (κ1) is 40.1. The fourth-order valence-corrected chi connectivity index (χ4v) is 7.47. The van der Waals surface area contributed by atoms with Crippen LogP contribution in [0, 0.1) is 5.92 Å². The summed E-state index contributed by atoms with van der Waals surface area (Å²) in [6.07, 6.45) is -6.57. The third-order valence-electron chi connectivity index (χ3n) is 10.9. The van der Waals surface area contributed by atoms with Gasteiger partial charge in [0.05, 0.1) is 24.9 Å². The zero-order valence-electron chi connectivity index (χ0n) is 31.2. The van der Waals surface area contributed by atoms with E-state index < -0.39 is 36.4 Å². The molecule has 12 heteroatoms. The van der Waals surface area contributed by atoms with Crippen molar-refractivity contribution in [3.05, 3.63) is 131 Å². The lowest BCUT2D eigenvalue weighted by atomic mass is 9.89. The molecule has 2 aliphatic rings. The number of hydrogen-bond donors (Lipinski definition) is 3. The second kappa shape index (κ2) is 17.5. The molecule has 3 N–H and O–H groups in total. The number of alkyl halides is 3. The van der Waals surface area contributed by atoms with Crippen molar-refractivity contribution in [2.24, 2.45) is 5.92 Å². The van der Waals surface area contributed by atoms with E-state index in [2.05, 4.69) is 17.1 Å². The van der Waals surface area contributed by atoms with Gasteiger partial charge in [-0.2, -0.15) is 13.2 Å². The summed E-state index contributed by atoms with van der Waals surface area (Å²) >= 11 is 0. The Balaban J connectivity index is 1.19. The average Bonchev–Trinajstić information content (AvgIpc) is 3.70. The molecule has 4 aromatic carbocycles. The molecule has 2 fully saturated rings. The van der Waals surface area contributed by atoms with Gasteiger partial charge in [-0.15, -0.1) is 0 Å². The summed E-state index contributed by atoms with van der Waals surface area (Å²) in [4.78, 5) is 27.6. The summed E-state index contributed by atoms with van der Waals surface area (Å²) in [5.41, 5.74) is 5.82. The van der Waals surface area contributed by atoms with Gasteiger partial charge < -0.3 is 29.9 Å². The molecule has 0 aliphatic carbocycles. The maximum atomic E-state index is 13.1. The minimum Gasteiger partial charge on any atom is -0.392 e. The monoisotopic (exact) mass is 759 g/mol. The van der Waals surface area contributed by atoms with Crippen LogP contribution in [0.25, 0.3) is 11.1 Å². The molecule has 2 aliphatic heterocycles. The van der Waals surface area contributed by atoms with Gasteiger partial charge >= 0.3 is 12.1 Å². The average molecular weight is 760 g/mol. The zero-order chi connectivity index (χ0) is 39.3. The first-order chi connectivity index (χ1) is 26.3. The molecular formula is C43H48F3N3O6. The number of nitrogens with one attached hydrogen (secondary N) is 1. The molecule has 9 nitrogen and oxygen atoms in total.